The molecule has 2 heterocycles. The minimum Gasteiger partial charge on any atom is -0.494 e. The molecule has 0 saturated heterocycles. The number of hydrogen-bond acceptors (Lipinski definition) is 5. The normalized spacial score (nSPS) is 15.6. The Balaban J connectivity index is 1.34. The summed E-state index contributed by atoms with van der Waals surface area (Å²) in [6.45, 7) is 0.434. The van der Waals surface area contributed by atoms with Gasteiger partial charge in [0.05, 0.1) is 12.1 Å². The monoisotopic (exact) mass is 426 g/mol. The first-order valence-electron chi connectivity index (χ1n) is 11.4. The van der Waals surface area contributed by atoms with E-state index in [1.165, 1.54) is 12.8 Å². The molecule has 2 aliphatic carbocycles. The molecule has 2 aliphatic rings. The summed E-state index contributed by atoms with van der Waals surface area (Å²) in [5.74, 6) is 1.31. The Morgan fingerprint density at radius 2 is 1.66 bits per heavy atom. The minimum absolute atomic E-state index is 0.209. The third-order valence-electron chi connectivity index (χ3n) is 6.67. The standard InChI is InChI=1S/C26H26N4O2/c31-25-20-6-1-2-7-21(20)26(32)30(25)14-16-4-3-5-17(12-16)18-8-11-23-22(13-18)24(28-15-27-23)29-19-9-10-19/h3-5,8,11-13,15,19,31-32H,1-2,6-7,9-10,14H2,(H,27,28,29). The smallest absolute Gasteiger partial charge is 0.197 e. The molecule has 162 valence electrons. The van der Waals surface area contributed by atoms with Crippen molar-refractivity contribution in [3.63, 3.8) is 0 Å². The first-order valence-corrected chi connectivity index (χ1v) is 11.4. The second-order valence-electron chi connectivity index (χ2n) is 8.97. The number of nitrogens with zero attached hydrogens (tertiary/aromatic N) is 3. The highest BCUT2D eigenvalue weighted by atomic mass is 16.3. The largest absolute Gasteiger partial charge is 0.494 e. The number of rotatable bonds is 5. The van der Waals surface area contributed by atoms with Crippen molar-refractivity contribution in [2.24, 2.45) is 0 Å². The first kappa shape index (κ1) is 19.2. The van der Waals surface area contributed by atoms with Crippen LogP contribution in [0.4, 0.5) is 5.82 Å². The predicted octanol–water partition coefficient (Wildman–Crippen LogP) is 5.01. The molecule has 0 spiro atoms. The van der Waals surface area contributed by atoms with E-state index < -0.39 is 0 Å². The maximum absolute atomic E-state index is 10.7. The molecule has 0 aliphatic heterocycles. The predicted molar refractivity (Wildman–Crippen MR) is 125 cm³/mol. The van der Waals surface area contributed by atoms with E-state index in [1.807, 2.05) is 18.2 Å². The van der Waals surface area contributed by atoms with Gasteiger partial charge in [0.1, 0.15) is 12.1 Å². The summed E-state index contributed by atoms with van der Waals surface area (Å²) < 4.78 is 1.64. The van der Waals surface area contributed by atoms with Crippen LogP contribution >= 0.6 is 0 Å². The van der Waals surface area contributed by atoms with Gasteiger partial charge >= 0.3 is 0 Å². The van der Waals surface area contributed by atoms with Gasteiger partial charge in [0, 0.05) is 22.6 Å². The number of nitrogens with one attached hydrogen (secondary N) is 1. The molecule has 2 aromatic carbocycles. The van der Waals surface area contributed by atoms with Gasteiger partial charge in [0.25, 0.3) is 0 Å². The van der Waals surface area contributed by atoms with E-state index >= 15 is 0 Å². The van der Waals surface area contributed by atoms with Crippen LogP contribution in [-0.2, 0) is 19.4 Å². The summed E-state index contributed by atoms with van der Waals surface area (Å²) in [5, 5.41) is 26.0. The van der Waals surface area contributed by atoms with Crippen molar-refractivity contribution >= 4 is 16.7 Å². The molecule has 1 saturated carbocycles. The molecule has 0 unspecified atom stereocenters. The van der Waals surface area contributed by atoms with E-state index in [4.69, 9.17) is 0 Å². The lowest BCUT2D eigenvalue weighted by Crippen LogP contribution is -2.04. The highest BCUT2D eigenvalue weighted by molar-refractivity contribution is 5.92. The van der Waals surface area contributed by atoms with Crippen LogP contribution in [0.15, 0.2) is 48.8 Å². The molecule has 6 rings (SSSR count). The first-order chi connectivity index (χ1) is 15.7. The second kappa shape index (κ2) is 7.55. The molecule has 6 heteroatoms. The fraction of sp³-hybridized carbons (Fsp3) is 0.308. The van der Waals surface area contributed by atoms with Gasteiger partial charge in [0.15, 0.2) is 11.8 Å². The van der Waals surface area contributed by atoms with Gasteiger partial charge in [-0.2, -0.15) is 0 Å². The summed E-state index contributed by atoms with van der Waals surface area (Å²) >= 11 is 0. The molecular formula is C26H26N4O2. The summed E-state index contributed by atoms with van der Waals surface area (Å²) in [6, 6.07) is 15.0. The molecule has 6 nitrogen and oxygen atoms in total. The molecule has 4 aromatic rings. The number of benzene rings is 2. The Morgan fingerprint density at radius 1 is 0.906 bits per heavy atom. The number of fused-ring (bicyclic) bond motifs is 2. The van der Waals surface area contributed by atoms with Gasteiger partial charge in [-0.25, -0.2) is 9.97 Å². The number of anilines is 1. The van der Waals surface area contributed by atoms with Crippen molar-refractivity contribution in [2.45, 2.75) is 51.1 Å². The van der Waals surface area contributed by atoms with Crippen LogP contribution in [0.25, 0.3) is 22.0 Å². The summed E-state index contributed by atoms with van der Waals surface area (Å²) in [6.07, 6.45) is 7.77. The van der Waals surface area contributed by atoms with Gasteiger partial charge in [-0.1, -0.05) is 24.3 Å². The molecule has 3 N–H and O–H groups in total. The van der Waals surface area contributed by atoms with E-state index in [9.17, 15) is 10.2 Å². The van der Waals surface area contributed by atoms with Gasteiger partial charge in [0.2, 0.25) is 0 Å². The number of hydrogen-bond donors (Lipinski definition) is 3. The molecule has 32 heavy (non-hydrogen) atoms. The topological polar surface area (TPSA) is 83.2 Å². The Bertz CT molecular complexity index is 1290. The van der Waals surface area contributed by atoms with Crippen LogP contribution in [-0.4, -0.2) is 30.8 Å². The molecule has 0 radical (unpaired) electrons. The summed E-state index contributed by atoms with van der Waals surface area (Å²) in [5.41, 5.74) is 5.96. The van der Waals surface area contributed by atoms with E-state index in [1.54, 1.807) is 10.9 Å². The Kier molecular flexibility index (Phi) is 4.52. The van der Waals surface area contributed by atoms with Crippen LogP contribution in [0.2, 0.25) is 0 Å². The maximum Gasteiger partial charge on any atom is 0.197 e. The van der Waals surface area contributed by atoms with Crippen molar-refractivity contribution in [3.05, 3.63) is 65.5 Å². The average molecular weight is 427 g/mol. The minimum atomic E-state index is 0.209. The Morgan fingerprint density at radius 3 is 2.41 bits per heavy atom. The third kappa shape index (κ3) is 3.36. The molecule has 0 atom stereocenters. The van der Waals surface area contributed by atoms with Gasteiger partial charge in [-0.05, 0) is 73.4 Å². The maximum atomic E-state index is 10.7. The van der Waals surface area contributed by atoms with Crippen LogP contribution < -0.4 is 5.32 Å². The fourth-order valence-electron chi connectivity index (χ4n) is 4.78. The lowest BCUT2D eigenvalue weighted by Gasteiger charge is -2.11. The van der Waals surface area contributed by atoms with E-state index in [0.29, 0.717) is 12.6 Å². The van der Waals surface area contributed by atoms with Crippen molar-refractivity contribution in [1.29, 1.82) is 0 Å². The van der Waals surface area contributed by atoms with Crippen LogP contribution in [0.3, 0.4) is 0 Å². The van der Waals surface area contributed by atoms with Crippen LogP contribution in [0.5, 0.6) is 11.8 Å². The van der Waals surface area contributed by atoms with Gasteiger partial charge < -0.3 is 15.5 Å². The second-order valence-corrected chi connectivity index (χ2v) is 8.97. The number of aromatic nitrogens is 3. The number of aromatic hydroxyl groups is 2. The highest BCUT2D eigenvalue weighted by Crippen LogP contribution is 2.39. The molecular weight excluding hydrogens is 400 g/mol. The van der Waals surface area contributed by atoms with Crippen molar-refractivity contribution in [1.82, 2.24) is 14.5 Å². The quantitative estimate of drug-likeness (QED) is 0.418. The van der Waals surface area contributed by atoms with Gasteiger partial charge in [-0.3, -0.25) is 4.57 Å². The molecule has 1 fully saturated rings. The van der Waals surface area contributed by atoms with E-state index in [-0.39, 0.29) is 11.8 Å². The van der Waals surface area contributed by atoms with Crippen molar-refractivity contribution < 1.29 is 10.2 Å². The summed E-state index contributed by atoms with van der Waals surface area (Å²) in [4.78, 5) is 8.88. The van der Waals surface area contributed by atoms with Gasteiger partial charge in [-0.15, -0.1) is 0 Å². The third-order valence-corrected chi connectivity index (χ3v) is 6.67. The molecule has 0 bridgehead atoms. The fourth-order valence-corrected chi connectivity index (χ4v) is 4.78. The zero-order valence-electron chi connectivity index (χ0n) is 17.9. The highest BCUT2D eigenvalue weighted by Gasteiger charge is 2.25. The zero-order chi connectivity index (χ0) is 21.7. The Labute approximate surface area is 186 Å². The van der Waals surface area contributed by atoms with E-state index in [2.05, 4.69) is 39.6 Å². The average Bonchev–Trinajstić information content (AvgIpc) is 3.62. The van der Waals surface area contributed by atoms with Crippen molar-refractivity contribution in [3.8, 4) is 22.9 Å². The SMILES string of the molecule is Oc1c2c(c(O)n1Cc1cccc(-c3ccc4ncnc(NC5CC5)c4c3)c1)CCCC2. The van der Waals surface area contributed by atoms with Crippen LogP contribution in [0, 0.1) is 0 Å². The molecule has 0 amide bonds. The van der Waals surface area contributed by atoms with E-state index in [0.717, 1.165) is 70.2 Å². The Hall–Kier alpha value is -3.54. The lowest BCUT2D eigenvalue weighted by atomic mass is 9.95. The van der Waals surface area contributed by atoms with Crippen LogP contribution in [0.1, 0.15) is 42.4 Å². The lowest BCUT2D eigenvalue weighted by molar-refractivity contribution is 0.374. The molecule has 2 aromatic heterocycles. The van der Waals surface area contributed by atoms with Crippen molar-refractivity contribution in [2.75, 3.05) is 5.32 Å². The zero-order valence-corrected chi connectivity index (χ0v) is 17.9. The summed E-state index contributed by atoms with van der Waals surface area (Å²) in [7, 11) is 0.